The summed E-state index contributed by atoms with van der Waals surface area (Å²) in [5.41, 5.74) is 2.25. The molecule has 1 aliphatic heterocycles. The predicted molar refractivity (Wildman–Crippen MR) is 93.7 cm³/mol. The number of aromatic nitrogens is 2. The molecule has 1 N–H and O–H groups in total. The molecule has 1 amide bonds. The maximum absolute atomic E-state index is 13.0. The van der Waals surface area contributed by atoms with Crippen LogP contribution in [0.1, 0.15) is 27.7 Å². The van der Waals surface area contributed by atoms with Crippen molar-refractivity contribution in [2.75, 3.05) is 26.7 Å². The number of amides is 1. The van der Waals surface area contributed by atoms with Crippen LogP contribution in [0.15, 0.2) is 36.8 Å². The van der Waals surface area contributed by atoms with Crippen molar-refractivity contribution in [1.29, 1.82) is 0 Å². The van der Waals surface area contributed by atoms with Gasteiger partial charge in [-0.3, -0.25) is 4.79 Å². The molecule has 0 aliphatic carbocycles. The van der Waals surface area contributed by atoms with Gasteiger partial charge in [0.05, 0.1) is 24.4 Å². The molecule has 0 saturated carbocycles. The first-order valence-corrected chi connectivity index (χ1v) is 7.63. The fraction of sp³-hybridized carbons (Fsp3) is 0.353. The Morgan fingerprint density at radius 1 is 1.38 bits per heavy atom. The van der Waals surface area contributed by atoms with Gasteiger partial charge in [-0.05, 0) is 13.0 Å². The first kappa shape index (κ1) is 18.2. The Hall–Kier alpha value is -2.18. The standard InChI is InChI=1S/C17H20N4O2.ClH/c1-12-14(9-19-11-20-12)17(22)21-8-7-18-10-15(21)13-5-3-4-6-16(13)23-2;/h3-6,9,11,15,18H,7-8,10H2,1-2H3;1H. The first-order valence-electron chi connectivity index (χ1n) is 7.63. The Morgan fingerprint density at radius 3 is 2.92 bits per heavy atom. The summed E-state index contributed by atoms with van der Waals surface area (Å²) in [5, 5.41) is 3.35. The van der Waals surface area contributed by atoms with Crippen molar-refractivity contribution in [1.82, 2.24) is 20.2 Å². The number of nitrogens with zero attached hydrogens (tertiary/aromatic N) is 3. The zero-order valence-electron chi connectivity index (χ0n) is 13.7. The molecule has 24 heavy (non-hydrogen) atoms. The molecule has 2 aromatic rings. The summed E-state index contributed by atoms with van der Waals surface area (Å²) >= 11 is 0. The highest BCUT2D eigenvalue weighted by Crippen LogP contribution is 2.31. The van der Waals surface area contributed by atoms with Crippen LogP contribution in [0, 0.1) is 6.92 Å². The third-order valence-electron chi connectivity index (χ3n) is 4.14. The molecule has 3 rings (SSSR count). The van der Waals surface area contributed by atoms with Crippen LogP contribution >= 0.6 is 12.4 Å². The number of carbonyl (C=O) groups is 1. The summed E-state index contributed by atoms with van der Waals surface area (Å²) in [6, 6.07) is 7.74. The number of nitrogens with one attached hydrogen (secondary N) is 1. The van der Waals surface area contributed by atoms with E-state index in [9.17, 15) is 4.79 Å². The van der Waals surface area contributed by atoms with E-state index in [-0.39, 0.29) is 24.4 Å². The highest BCUT2D eigenvalue weighted by atomic mass is 35.5. The number of ether oxygens (including phenoxy) is 1. The second kappa shape index (κ2) is 8.08. The van der Waals surface area contributed by atoms with Gasteiger partial charge in [0, 0.05) is 31.4 Å². The number of rotatable bonds is 3. The molecule has 2 heterocycles. The van der Waals surface area contributed by atoms with Crippen LogP contribution in [0.2, 0.25) is 0 Å². The maximum Gasteiger partial charge on any atom is 0.257 e. The Kier molecular flexibility index (Phi) is 6.11. The topological polar surface area (TPSA) is 67.3 Å². The highest BCUT2D eigenvalue weighted by molar-refractivity contribution is 5.95. The van der Waals surface area contributed by atoms with E-state index >= 15 is 0 Å². The molecule has 128 valence electrons. The van der Waals surface area contributed by atoms with Gasteiger partial charge in [-0.1, -0.05) is 18.2 Å². The second-order valence-electron chi connectivity index (χ2n) is 5.48. The molecule has 1 saturated heterocycles. The van der Waals surface area contributed by atoms with Crippen molar-refractivity contribution in [2.24, 2.45) is 0 Å². The van der Waals surface area contributed by atoms with Crippen molar-refractivity contribution < 1.29 is 9.53 Å². The Morgan fingerprint density at radius 2 is 2.17 bits per heavy atom. The average Bonchev–Trinajstić information content (AvgIpc) is 2.61. The van der Waals surface area contributed by atoms with Crippen molar-refractivity contribution in [2.45, 2.75) is 13.0 Å². The van der Waals surface area contributed by atoms with Crippen LogP contribution < -0.4 is 10.1 Å². The molecule has 1 atom stereocenters. The minimum Gasteiger partial charge on any atom is -0.496 e. The lowest BCUT2D eigenvalue weighted by atomic mass is 10.0. The van der Waals surface area contributed by atoms with Crippen molar-refractivity contribution in [3.05, 3.63) is 53.6 Å². The molecule has 0 bridgehead atoms. The van der Waals surface area contributed by atoms with E-state index in [4.69, 9.17) is 4.74 Å². The first-order chi connectivity index (χ1) is 11.2. The Balaban J connectivity index is 0.00000208. The number of benzene rings is 1. The van der Waals surface area contributed by atoms with Crippen LogP contribution in [0.5, 0.6) is 5.75 Å². The number of carbonyl (C=O) groups excluding carboxylic acids is 1. The van der Waals surface area contributed by atoms with Gasteiger partial charge in [-0.25, -0.2) is 9.97 Å². The minimum absolute atomic E-state index is 0. The van der Waals surface area contributed by atoms with E-state index in [0.29, 0.717) is 24.3 Å². The number of methoxy groups -OCH3 is 1. The van der Waals surface area contributed by atoms with Crippen LogP contribution in [0.3, 0.4) is 0 Å². The minimum atomic E-state index is -0.0768. The monoisotopic (exact) mass is 348 g/mol. The van der Waals surface area contributed by atoms with Crippen LogP contribution in [0.4, 0.5) is 0 Å². The molecule has 0 radical (unpaired) electrons. The van der Waals surface area contributed by atoms with Crippen LogP contribution in [-0.2, 0) is 0 Å². The molecule has 1 aliphatic rings. The molecule has 1 aromatic carbocycles. The number of aryl methyl sites for hydroxylation is 1. The van der Waals surface area contributed by atoms with E-state index < -0.39 is 0 Å². The van der Waals surface area contributed by atoms with Gasteiger partial charge in [0.15, 0.2) is 0 Å². The smallest absolute Gasteiger partial charge is 0.257 e. The largest absolute Gasteiger partial charge is 0.496 e. The molecule has 1 fully saturated rings. The lowest BCUT2D eigenvalue weighted by molar-refractivity contribution is 0.0630. The summed E-state index contributed by atoms with van der Waals surface area (Å²) < 4.78 is 5.47. The summed E-state index contributed by atoms with van der Waals surface area (Å²) in [4.78, 5) is 23.0. The Bertz CT molecular complexity index is 710. The van der Waals surface area contributed by atoms with Gasteiger partial charge < -0.3 is 15.0 Å². The van der Waals surface area contributed by atoms with Gasteiger partial charge in [-0.2, -0.15) is 0 Å². The molecular formula is C17H21ClN4O2. The molecule has 1 unspecified atom stereocenters. The van der Waals surface area contributed by atoms with Crippen molar-refractivity contribution in [3.63, 3.8) is 0 Å². The molecule has 0 spiro atoms. The predicted octanol–water partition coefficient (Wildman–Crippen LogP) is 2.00. The average molecular weight is 349 g/mol. The van der Waals surface area contributed by atoms with Gasteiger partial charge in [0.2, 0.25) is 0 Å². The molecular weight excluding hydrogens is 328 g/mol. The number of piperazine rings is 1. The lowest BCUT2D eigenvalue weighted by Crippen LogP contribution is -2.49. The van der Waals surface area contributed by atoms with Gasteiger partial charge in [0.1, 0.15) is 12.1 Å². The van der Waals surface area contributed by atoms with Crippen molar-refractivity contribution >= 4 is 18.3 Å². The van der Waals surface area contributed by atoms with Gasteiger partial charge in [0.25, 0.3) is 5.91 Å². The molecule has 7 heteroatoms. The fourth-order valence-electron chi connectivity index (χ4n) is 2.92. The number of hydrogen-bond acceptors (Lipinski definition) is 5. The third kappa shape index (κ3) is 3.49. The zero-order chi connectivity index (χ0) is 16.2. The quantitative estimate of drug-likeness (QED) is 0.919. The van der Waals surface area contributed by atoms with Gasteiger partial charge in [-0.15, -0.1) is 12.4 Å². The van der Waals surface area contributed by atoms with E-state index in [1.807, 2.05) is 36.1 Å². The fourth-order valence-corrected chi connectivity index (χ4v) is 2.92. The summed E-state index contributed by atoms with van der Waals surface area (Å²) in [6.07, 6.45) is 3.05. The third-order valence-corrected chi connectivity index (χ3v) is 4.14. The van der Waals surface area contributed by atoms with Crippen LogP contribution in [0.25, 0.3) is 0 Å². The lowest BCUT2D eigenvalue weighted by Gasteiger charge is -2.37. The normalized spacial score (nSPS) is 17.1. The van der Waals surface area contributed by atoms with E-state index in [0.717, 1.165) is 17.9 Å². The Labute approximate surface area is 147 Å². The van der Waals surface area contributed by atoms with Gasteiger partial charge >= 0.3 is 0 Å². The van der Waals surface area contributed by atoms with Crippen LogP contribution in [-0.4, -0.2) is 47.5 Å². The van der Waals surface area contributed by atoms with E-state index in [1.54, 1.807) is 13.3 Å². The molecule has 6 nitrogen and oxygen atoms in total. The summed E-state index contributed by atoms with van der Waals surface area (Å²) in [6.45, 7) is 3.92. The number of para-hydroxylation sites is 1. The number of hydrogen-bond donors (Lipinski definition) is 1. The zero-order valence-corrected chi connectivity index (χ0v) is 14.5. The van der Waals surface area contributed by atoms with Crippen molar-refractivity contribution in [3.8, 4) is 5.75 Å². The SMILES string of the molecule is COc1ccccc1C1CNCCN1C(=O)c1cncnc1C.Cl. The number of halogens is 1. The second-order valence-corrected chi connectivity index (χ2v) is 5.48. The molecule has 1 aromatic heterocycles. The van der Waals surface area contributed by atoms with E-state index in [2.05, 4.69) is 15.3 Å². The van der Waals surface area contributed by atoms with E-state index in [1.165, 1.54) is 6.33 Å². The summed E-state index contributed by atoms with van der Waals surface area (Å²) in [7, 11) is 1.65. The summed E-state index contributed by atoms with van der Waals surface area (Å²) in [5.74, 6) is 0.750. The highest BCUT2D eigenvalue weighted by Gasteiger charge is 2.31. The maximum atomic E-state index is 13.0.